The summed E-state index contributed by atoms with van der Waals surface area (Å²) in [4.78, 5) is 2.57. The smallest absolute Gasteiger partial charge is 0.0485 e. The Labute approximate surface area is 133 Å². The summed E-state index contributed by atoms with van der Waals surface area (Å²) >= 11 is 1.83. The highest BCUT2D eigenvalue weighted by Gasteiger charge is 2.23. The Kier molecular flexibility index (Phi) is 5.80. The lowest BCUT2D eigenvalue weighted by Gasteiger charge is -2.33. The summed E-state index contributed by atoms with van der Waals surface area (Å²) in [6.07, 6.45) is 0. The number of nitrogens with two attached hydrogens (primary N) is 1. The number of hydrogen-bond donors (Lipinski definition) is 1. The molecule has 2 N–H and O–H groups in total. The van der Waals surface area contributed by atoms with E-state index in [1.54, 1.807) is 0 Å². The van der Waals surface area contributed by atoms with Gasteiger partial charge in [-0.2, -0.15) is 0 Å². The molecule has 0 amide bonds. The average molecular weight is 305 g/mol. The van der Waals surface area contributed by atoms with Crippen LogP contribution in [0.4, 0.5) is 0 Å². The van der Waals surface area contributed by atoms with E-state index >= 15 is 0 Å². The van der Waals surface area contributed by atoms with Gasteiger partial charge in [-0.05, 0) is 34.2 Å². The van der Waals surface area contributed by atoms with Crippen LogP contribution in [-0.4, -0.2) is 24.5 Å². The van der Waals surface area contributed by atoms with E-state index in [9.17, 15) is 0 Å². The van der Waals surface area contributed by atoms with E-state index in [1.807, 2.05) is 11.3 Å². The Hall–Kier alpha value is -0.900. The molecule has 1 atom stereocenters. The van der Waals surface area contributed by atoms with Gasteiger partial charge < -0.3 is 5.73 Å². The molecule has 0 aliphatic carbocycles. The first-order valence-electron chi connectivity index (χ1n) is 7.93. The fourth-order valence-electron chi connectivity index (χ4n) is 3.00. The Morgan fingerprint density at radius 2 is 1.67 bits per heavy atom. The molecule has 0 fully saturated rings. The maximum Gasteiger partial charge on any atom is 0.0485 e. The van der Waals surface area contributed by atoms with Crippen LogP contribution in [0.1, 0.15) is 39.3 Å². The summed E-state index contributed by atoms with van der Waals surface area (Å²) in [6.45, 7) is 12.0. The summed E-state index contributed by atoms with van der Waals surface area (Å²) in [5, 5.41) is 3.67. The first-order valence-corrected chi connectivity index (χ1v) is 8.81. The van der Waals surface area contributed by atoms with Crippen molar-refractivity contribution in [2.45, 2.75) is 33.7 Å². The molecule has 2 rings (SSSR count). The highest BCUT2D eigenvalue weighted by Crippen LogP contribution is 2.33. The average Bonchev–Trinajstić information content (AvgIpc) is 2.82. The summed E-state index contributed by atoms with van der Waals surface area (Å²) < 4.78 is 1.36. The molecule has 0 radical (unpaired) electrons. The fraction of sp³-hybridized carbons (Fsp3) is 0.556. The van der Waals surface area contributed by atoms with Gasteiger partial charge in [0.1, 0.15) is 0 Å². The molecule has 3 heteroatoms. The molecule has 1 unspecified atom stereocenters. The quantitative estimate of drug-likeness (QED) is 0.815. The third-order valence-electron chi connectivity index (χ3n) is 3.73. The van der Waals surface area contributed by atoms with Gasteiger partial charge in [0.05, 0.1) is 0 Å². The molecule has 0 aliphatic rings. The van der Waals surface area contributed by atoms with Crippen molar-refractivity contribution in [1.29, 1.82) is 0 Å². The number of thiophene rings is 1. The van der Waals surface area contributed by atoms with Crippen LogP contribution in [0.3, 0.4) is 0 Å². The van der Waals surface area contributed by atoms with Gasteiger partial charge in [-0.25, -0.2) is 0 Å². The summed E-state index contributed by atoms with van der Waals surface area (Å²) in [6, 6.07) is 8.99. The topological polar surface area (TPSA) is 29.3 Å². The second-order valence-corrected chi connectivity index (χ2v) is 7.59. The summed E-state index contributed by atoms with van der Waals surface area (Å²) in [7, 11) is 0. The van der Waals surface area contributed by atoms with Crippen LogP contribution in [0, 0.1) is 11.8 Å². The minimum atomic E-state index is 0.325. The minimum absolute atomic E-state index is 0.325. The monoisotopic (exact) mass is 304 g/mol. The van der Waals surface area contributed by atoms with E-state index in [1.165, 1.54) is 15.6 Å². The van der Waals surface area contributed by atoms with Crippen molar-refractivity contribution in [3.63, 3.8) is 0 Å². The summed E-state index contributed by atoms with van der Waals surface area (Å²) in [5.41, 5.74) is 7.57. The molecule has 0 bridgehead atoms. The number of hydrogen-bond acceptors (Lipinski definition) is 3. The van der Waals surface area contributed by atoms with Crippen molar-refractivity contribution in [2.75, 3.05) is 19.6 Å². The minimum Gasteiger partial charge on any atom is -0.329 e. The SMILES string of the molecule is CC(C)CN(CC(C)C)C(CN)c1csc2ccccc12. The molecule has 0 saturated heterocycles. The highest BCUT2D eigenvalue weighted by atomic mass is 32.1. The second-order valence-electron chi connectivity index (χ2n) is 6.68. The molecule has 1 aromatic heterocycles. The maximum absolute atomic E-state index is 6.17. The molecular weight excluding hydrogens is 276 g/mol. The number of fused-ring (bicyclic) bond motifs is 1. The molecule has 0 saturated carbocycles. The van der Waals surface area contributed by atoms with Crippen LogP contribution in [0.5, 0.6) is 0 Å². The predicted octanol–water partition coefficient (Wildman–Crippen LogP) is 4.52. The molecule has 1 aromatic carbocycles. The highest BCUT2D eigenvalue weighted by molar-refractivity contribution is 7.17. The van der Waals surface area contributed by atoms with Crippen molar-refractivity contribution < 1.29 is 0 Å². The van der Waals surface area contributed by atoms with Crippen molar-refractivity contribution in [3.8, 4) is 0 Å². The van der Waals surface area contributed by atoms with E-state index in [0.717, 1.165) is 13.1 Å². The van der Waals surface area contributed by atoms with Crippen LogP contribution >= 0.6 is 11.3 Å². The van der Waals surface area contributed by atoms with E-state index < -0.39 is 0 Å². The molecule has 2 aromatic rings. The first-order chi connectivity index (χ1) is 10.0. The van der Waals surface area contributed by atoms with Crippen LogP contribution in [0.2, 0.25) is 0 Å². The van der Waals surface area contributed by atoms with Crippen LogP contribution in [0.15, 0.2) is 29.6 Å². The number of nitrogens with zero attached hydrogens (tertiary/aromatic N) is 1. The van der Waals surface area contributed by atoms with Crippen molar-refractivity contribution in [1.82, 2.24) is 4.90 Å². The Morgan fingerprint density at radius 1 is 1.05 bits per heavy atom. The van der Waals surface area contributed by atoms with Gasteiger partial charge >= 0.3 is 0 Å². The number of rotatable bonds is 7. The maximum atomic E-state index is 6.17. The Balaban J connectivity index is 2.34. The van der Waals surface area contributed by atoms with E-state index in [4.69, 9.17) is 5.73 Å². The van der Waals surface area contributed by atoms with Gasteiger partial charge in [0.25, 0.3) is 0 Å². The predicted molar refractivity (Wildman–Crippen MR) is 94.9 cm³/mol. The molecule has 116 valence electrons. The molecular formula is C18H28N2S. The van der Waals surface area contributed by atoms with Gasteiger partial charge in [0.15, 0.2) is 0 Å². The van der Waals surface area contributed by atoms with Gasteiger partial charge in [-0.1, -0.05) is 45.9 Å². The molecule has 0 spiro atoms. The lowest BCUT2D eigenvalue weighted by molar-refractivity contribution is 0.161. The molecule has 0 aliphatic heterocycles. The lowest BCUT2D eigenvalue weighted by atomic mass is 10.0. The van der Waals surface area contributed by atoms with Crippen molar-refractivity contribution >= 4 is 21.4 Å². The fourth-order valence-corrected chi connectivity index (χ4v) is 4.00. The van der Waals surface area contributed by atoms with Crippen LogP contribution in [-0.2, 0) is 0 Å². The molecule has 21 heavy (non-hydrogen) atoms. The van der Waals surface area contributed by atoms with Crippen LogP contribution < -0.4 is 5.73 Å². The van der Waals surface area contributed by atoms with Crippen LogP contribution in [0.25, 0.3) is 10.1 Å². The van der Waals surface area contributed by atoms with Gasteiger partial charge in [0.2, 0.25) is 0 Å². The molecule has 2 nitrogen and oxygen atoms in total. The van der Waals surface area contributed by atoms with E-state index in [2.05, 4.69) is 62.2 Å². The Bertz CT molecular complexity index is 549. The van der Waals surface area contributed by atoms with Gasteiger partial charge in [0, 0.05) is 30.4 Å². The van der Waals surface area contributed by atoms with E-state index in [-0.39, 0.29) is 0 Å². The zero-order valence-corrected chi connectivity index (χ0v) is 14.5. The molecule has 1 heterocycles. The standard InChI is InChI=1S/C18H28N2S/c1-13(2)10-20(11-14(3)4)17(9-19)16-12-21-18-8-6-5-7-15(16)18/h5-8,12-14,17H,9-11,19H2,1-4H3. The van der Waals surface area contributed by atoms with Crippen molar-refractivity contribution in [3.05, 3.63) is 35.2 Å². The third-order valence-corrected chi connectivity index (χ3v) is 4.71. The second kappa shape index (κ2) is 7.39. The number of benzene rings is 1. The lowest BCUT2D eigenvalue weighted by Crippen LogP contribution is -2.38. The normalized spacial score (nSPS) is 13.7. The van der Waals surface area contributed by atoms with E-state index in [0.29, 0.717) is 24.4 Å². The van der Waals surface area contributed by atoms with Crippen molar-refractivity contribution in [2.24, 2.45) is 17.6 Å². The van der Waals surface area contributed by atoms with Gasteiger partial charge in [-0.3, -0.25) is 4.90 Å². The summed E-state index contributed by atoms with van der Waals surface area (Å²) in [5.74, 6) is 1.31. The van der Waals surface area contributed by atoms with Gasteiger partial charge in [-0.15, -0.1) is 11.3 Å². The zero-order chi connectivity index (χ0) is 15.4. The third kappa shape index (κ3) is 4.06. The first kappa shape index (κ1) is 16.5. The zero-order valence-electron chi connectivity index (χ0n) is 13.7. The largest absolute Gasteiger partial charge is 0.329 e. The Morgan fingerprint density at radius 3 is 2.24 bits per heavy atom.